The lowest BCUT2D eigenvalue weighted by Crippen LogP contribution is -2.47. The minimum Gasteiger partial charge on any atom is -0.480 e. The molecule has 0 rings (SSSR count). The number of nitrogens with one attached hydrogen (secondary N) is 1. The summed E-state index contributed by atoms with van der Waals surface area (Å²) in [6, 6.07) is -1.04. The zero-order valence-electron chi connectivity index (χ0n) is 6.77. The maximum atomic E-state index is 10.4. The number of aliphatic carboxylic acids is 1. The normalized spacial score (nSPS) is 13.6. The first-order valence-electron chi connectivity index (χ1n) is 3.15. The lowest BCUT2D eigenvalue weighted by atomic mass is 10.1. The molecule has 70 valence electrons. The minimum absolute atomic E-state index is 0.778. The molecular weight excluding hydrogens is 182 g/mol. The van der Waals surface area contributed by atoms with Crippen LogP contribution in [0.4, 0.5) is 0 Å². The van der Waals surface area contributed by atoms with E-state index in [9.17, 15) is 9.70 Å². The van der Waals surface area contributed by atoms with Gasteiger partial charge in [-0.2, -0.15) is 0 Å². The second-order valence-corrected chi connectivity index (χ2v) is 4.14. The summed E-state index contributed by atoms with van der Waals surface area (Å²) in [4.78, 5) is 22.2. The van der Waals surface area contributed by atoms with Crippen molar-refractivity contribution in [1.82, 2.24) is 4.83 Å². The van der Waals surface area contributed by atoms with E-state index >= 15 is 0 Å². The van der Waals surface area contributed by atoms with Gasteiger partial charge in [0, 0.05) is 0 Å². The second-order valence-electron chi connectivity index (χ2n) is 2.70. The summed E-state index contributed by atoms with van der Waals surface area (Å²) in [5, 5.41) is 10.9. The Morgan fingerprint density at radius 2 is 2.25 bits per heavy atom. The smallest absolute Gasteiger partial charge is 0.321 e. The van der Waals surface area contributed by atoms with Crippen molar-refractivity contribution < 1.29 is 9.90 Å². The summed E-state index contributed by atoms with van der Waals surface area (Å²) in [6.45, 7) is 3.21. The second kappa shape index (κ2) is 4.27. The molecule has 0 amide bonds. The molecule has 0 unspecified atom stereocenters. The zero-order valence-corrected chi connectivity index (χ0v) is 7.59. The topological polar surface area (TPSA) is 105 Å². The maximum Gasteiger partial charge on any atom is 0.321 e. The Balaban J connectivity index is 4.17. The molecule has 0 aromatic heterocycles. The molecule has 0 aromatic carbocycles. The Morgan fingerprint density at radius 1 is 1.75 bits per heavy atom. The predicted molar refractivity (Wildman–Crippen MR) is 46.2 cm³/mol. The highest BCUT2D eigenvalue weighted by Gasteiger charge is 2.33. The molecule has 0 heterocycles. The Bertz CT molecular complexity index is 185. The summed E-state index contributed by atoms with van der Waals surface area (Å²) >= 11 is 0.880. The molecule has 0 bridgehead atoms. The van der Waals surface area contributed by atoms with Crippen molar-refractivity contribution in [2.75, 3.05) is 0 Å². The molecule has 12 heavy (non-hydrogen) atoms. The van der Waals surface area contributed by atoms with Crippen LogP contribution in [0.5, 0.6) is 0 Å². The van der Waals surface area contributed by atoms with Gasteiger partial charge in [-0.1, -0.05) is 0 Å². The number of carboxylic acid groups (broad SMARTS) is 1. The Labute approximate surface area is 74.0 Å². The van der Waals surface area contributed by atoms with Crippen LogP contribution < -0.4 is 10.6 Å². The van der Waals surface area contributed by atoms with E-state index in [4.69, 9.17) is 10.8 Å². The number of carboxylic acids is 1. The maximum absolute atomic E-state index is 10.4. The third-order valence-corrected chi connectivity index (χ3v) is 2.31. The number of nitrogens with zero attached hydrogens (tertiary/aromatic N) is 1. The lowest BCUT2D eigenvalue weighted by molar-refractivity contribution is -0.139. The summed E-state index contributed by atoms with van der Waals surface area (Å²) in [7, 11) is 0. The van der Waals surface area contributed by atoms with E-state index in [1.54, 1.807) is 13.8 Å². The predicted octanol–water partition coefficient (Wildman–Crippen LogP) is 0.0961. The van der Waals surface area contributed by atoms with Gasteiger partial charge in [0.25, 0.3) is 0 Å². The fraction of sp³-hybridized carbons (Fsp3) is 0.800. The van der Waals surface area contributed by atoms with Gasteiger partial charge in [-0.15, -0.1) is 4.91 Å². The van der Waals surface area contributed by atoms with Gasteiger partial charge in [0.15, 0.2) is 0 Å². The quantitative estimate of drug-likeness (QED) is 0.325. The molecule has 4 N–H and O–H groups in total. The van der Waals surface area contributed by atoms with Gasteiger partial charge in [0.2, 0.25) is 0 Å². The molecule has 7 heteroatoms. The standard InChI is InChI=1S/C5H11N3O3S/c1-5(2,12-8-7-11)3(6)4(9)10/h3H,6H2,1-2H3,(H,8,11)(H,9,10)/t3-/m1/s1. The van der Waals surface area contributed by atoms with E-state index in [2.05, 4.69) is 10.1 Å². The van der Waals surface area contributed by atoms with E-state index in [1.807, 2.05) is 0 Å². The van der Waals surface area contributed by atoms with E-state index < -0.39 is 16.8 Å². The molecule has 0 fully saturated rings. The van der Waals surface area contributed by atoms with E-state index in [0.29, 0.717) is 0 Å². The van der Waals surface area contributed by atoms with Gasteiger partial charge in [-0.3, -0.25) is 4.79 Å². The van der Waals surface area contributed by atoms with Crippen LogP contribution in [0.2, 0.25) is 0 Å². The molecule has 0 aromatic rings. The van der Waals surface area contributed by atoms with Gasteiger partial charge in [-0.05, 0) is 25.8 Å². The Morgan fingerprint density at radius 3 is 2.58 bits per heavy atom. The summed E-state index contributed by atoms with van der Waals surface area (Å²) in [5.74, 6) is -1.11. The van der Waals surface area contributed by atoms with E-state index in [0.717, 1.165) is 11.9 Å². The van der Waals surface area contributed by atoms with Crippen LogP contribution in [0.1, 0.15) is 13.8 Å². The van der Waals surface area contributed by atoms with Crippen molar-refractivity contribution in [1.29, 1.82) is 0 Å². The summed E-state index contributed by atoms with van der Waals surface area (Å²) in [6.07, 6.45) is 0. The number of hydrogen-bond donors (Lipinski definition) is 3. The van der Waals surface area contributed by atoms with Gasteiger partial charge < -0.3 is 10.8 Å². The molecule has 0 saturated heterocycles. The van der Waals surface area contributed by atoms with Crippen molar-refractivity contribution in [3.63, 3.8) is 0 Å². The molecular formula is C5H11N3O3S. The van der Waals surface area contributed by atoms with Gasteiger partial charge in [0.1, 0.15) is 6.04 Å². The monoisotopic (exact) mass is 193 g/mol. The fourth-order valence-electron chi connectivity index (χ4n) is 0.497. The molecule has 0 radical (unpaired) electrons. The molecule has 0 aliphatic rings. The third-order valence-electron chi connectivity index (χ3n) is 1.36. The largest absolute Gasteiger partial charge is 0.480 e. The number of nitrogens with two attached hydrogens (primary N) is 1. The van der Waals surface area contributed by atoms with Crippen LogP contribution in [0.25, 0.3) is 0 Å². The molecule has 0 saturated carbocycles. The van der Waals surface area contributed by atoms with Crippen LogP contribution in [0.3, 0.4) is 0 Å². The van der Waals surface area contributed by atoms with Crippen molar-refractivity contribution in [3.05, 3.63) is 4.91 Å². The highest BCUT2D eigenvalue weighted by Crippen LogP contribution is 2.24. The highest BCUT2D eigenvalue weighted by atomic mass is 32.2. The number of nitroso groups, excluding NO2 is 1. The first-order valence-corrected chi connectivity index (χ1v) is 3.97. The number of rotatable bonds is 5. The average Bonchev–Trinajstić information content (AvgIpc) is 1.99. The fourth-order valence-corrected chi connectivity index (χ4v) is 0.997. The van der Waals surface area contributed by atoms with Crippen LogP contribution in [0, 0.1) is 4.91 Å². The SMILES string of the molecule is CC(C)(SNN=O)[C@H](N)C(=O)O. The van der Waals surface area contributed by atoms with E-state index in [-0.39, 0.29) is 0 Å². The Kier molecular flexibility index (Phi) is 3.98. The Hall–Kier alpha value is -0.820. The van der Waals surface area contributed by atoms with Crippen LogP contribution in [-0.4, -0.2) is 21.9 Å². The average molecular weight is 193 g/mol. The van der Waals surface area contributed by atoms with Crippen LogP contribution in [0.15, 0.2) is 5.29 Å². The van der Waals surface area contributed by atoms with Crippen molar-refractivity contribution in [2.45, 2.75) is 24.6 Å². The van der Waals surface area contributed by atoms with Gasteiger partial charge >= 0.3 is 5.97 Å². The van der Waals surface area contributed by atoms with Crippen molar-refractivity contribution in [2.24, 2.45) is 11.0 Å². The zero-order chi connectivity index (χ0) is 9.78. The van der Waals surface area contributed by atoms with Crippen molar-refractivity contribution >= 4 is 17.9 Å². The highest BCUT2D eigenvalue weighted by molar-refractivity contribution is 7.98. The third kappa shape index (κ3) is 3.05. The lowest BCUT2D eigenvalue weighted by Gasteiger charge is -2.25. The summed E-state index contributed by atoms with van der Waals surface area (Å²) < 4.78 is -0.778. The molecule has 0 aliphatic carbocycles. The number of carbonyl (C=O) groups is 1. The molecule has 6 nitrogen and oxygen atoms in total. The summed E-state index contributed by atoms with van der Waals surface area (Å²) in [5.41, 5.74) is 5.33. The van der Waals surface area contributed by atoms with Crippen LogP contribution in [-0.2, 0) is 4.79 Å². The molecule has 0 spiro atoms. The van der Waals surface area contributed by atoms with Gasteiger partial charge in [-0.25, -0.2) is 4.83 Å². The minimum atomic E-state index is -1.11. The first kappa shape index (κ1) is 11.2. The van der Waals surface area contributed by atoms with Crippen molar-refractivity contribution in [3.8, 4) is 0 Å². The number of hydrogen-bond acceptors (Lipinski definition) is 5. The van der Waals surface area contributed by atoms with E-state index in [1.165, 1.54) is 0 Å². The first-order chi connectivity index (χ1) is 5.41. The van der Waals surface area contributed by atoms with Crippen LogP contribution >= 0.6 is 11.9 Å². The molecule has 1 atom stereocenters. The van der Waals surface area contributed by atoms with Gasteiger partial charge in [0.05, 0.1) is 10.0 Å². The molecule has 0 aliphatic heterocycles.